The van der Waals surface area contributed by atoms with Crippen molar-refractivity contribution in [2.75, 3.05) is 13.7 Å². The minimum atomic E-state index is -1.98. The van der Waals surface area contributed by atoms with Crippen LogP contribution in [0.4, 0.5) is 0 Å². The zero-order valence-electron chi connectivity index (χ0n) is 16.6. The van der Waals surface area contributed by atoms with Gasteiger partial charge in [-0.1, -0.05) is 12.1 Å². The van der Waals surface area contributed by atoms with Crippen molar-refractivity contribution in [3.8, 4) is 0 Å². The molecule has 29 heavy (non-hydrogen) atoms. The Kier molecular flexibility index (Phi) is 5.00. The van der Waals surface area contributed by atoms with Crippen molar-refractivity contribution in [3.63, 3.8) is 0 Å². The summed E-state index contributed by atoms with van der Waals surface area (Å²) in [5.74, 6) is -5.28. The molecule has 2 aliphatic heterocycles. The van der Waals surface area contributed by atoms with E-state index in [2.05, 4.69) is 10.1 Å². The van der Waals surface area contributed by atoms with Crippen LogP contribution in [0.3, 0.4) is 0 Å². The number of nitrogens with one attached hydrogen (secondary N) is 1. The summed E-state index contributed by atoms with van der Waals surface area (Å²) in [5.41, 5.74) is -2.00. The molecule has 156 valence electrons. The van der Waals surface area contributed by atoms with Crippen LogP contribution in [-0.4, -0.2) is 63.7 Å². The van der Waals surface area contributed by atoms with Crippen molar-refractivity contribution >= 4 is 23.8 Å². The Morgan fingerprint density at radius 1 is 1.17 bits per heavy atom. The lowest BCUT2D eigenvalue weighted by Crippen LogP contribution is -2.59. The fourth-order valence-electron chi connectivity index (χ4n) is 4.30. The summed E-state index contributed by atoms with van der Waals surface area (Å²) >= 11 is 0. The molecule has 4 atom stereocenters. The van der Waals surface area contributed by atoms with Gasteiger partial charge in [-0.15, -0.1) is 0 Å². The number of likely N-dealkylation sites (tertiary alicyclic amines) is 1. The smallest absolute Gasteiger partial charge is 0.337 e. The minimum Gasteiger partial charge on any atom is -0.480 e. The number of nitrogens with zero attached hydrogens (tertiary/aromatic N) is 1. The van der Waals surface area contributed by atoms with E-state index in [1.165, 1.54) is 19.2 Å². The lowest BCUT2D eigenvalue weighted by Gasteiger charge is -2.34. The van der Waals surface area contributed by atoms with Gasteiger partial charge >= 0.3 is 11.9 Å². The Bertz CT molecular complexity index is 874. The number of carbonyl (C=O) groups excluding carboxylic acids is 3. The predicted molar refractivity (Wildman–Crippen MR) is 99.7 cm³/mol. The number of imide groups is 1. The van der Waals surface area contributed by atoms with Crippen molar-refractivity contribution in [1.29, 1.82) is 0 Å². The fraction of sp³-hybridized carbons (Fsp3) is 0.500. The number of hydrogen-bond acceptors (Lipinski definition) is 7. The van der Waals surface area contributed by atoms with Crippen molar-refractivity contribution < 1.29 is 34.1 Å². The van der Waals surface area contributed by atoms with Gasteiger partial charge in [0.25, 0.3) is 0 Å². The largest absolute Gasteiger partial charge is 0.480 e. The second kappa shape index (κ2) is 6.93. The van der Waals surface area contributed by atoms with E-state index in [0.717, 1.165) is 4.90 Å². The number of hydrogen-bond donors (Lipinski definition) is 3. The van der Waals surface area contributed by atoms with Crippen LogP contribution in [0, 0.1) is 11.8 Å². The standard InChI is InChI=1S/C20H24N2O7/c1-19(2,3)22-15(24)12-13(16(22)25)20(9-23,18(27)28)21-14(12)10-5-7-11(8-6-10)17(26)29-4/h5-8,12-14,21,23H,9H2,1-4H3,(H,27,28). The summed E-state index contributed by atoms with van der Waals surface area (Å²) in [6, 6.07) is 5.33. The van der Waals surface area contributed by atoms with Crippen molar-refractivity contribution in [2.45, 2.75) is 37.9 Å². The number of fused-ring (bicyclic) bond motifs is 1. The Morgan fingerprint density at radius 2 is 1.76 bits per heavy atom. The van der Waals surface area contributed by atoms with Gasteiger partial charge in [-0.25, -0.2) is 4.79 Å². The topological polar surface area (TPSA) is 133 Å². The highest BCUT2D eigenvalue weighted by atomic mass is 16.5. The Labute approximate surface area is 167 Å². The maximum atomic E-state index is 13.2. The highest BCUT2D eigenvalue weighted by Gasteiger charge is 2.69. The van der Waals surface area contributed by atoms with Gasteiger partial charge in [0.1, 0.15) is 0 Å². The molecule has 3 N–H and O–H groups in total. The molecule has 2 heterocycles. The molecule has 0 aliphatic carbocycles. The molecule has 0 aromatic heterocycles. The number of amides is 2. The summed E-state index contributed by atoms with van der Waals surface area (Å²) in [5, 5.41) is 22.6. The summed E-state index contributed by atoms with van der Waals surface area (Å²) in [6.07, 6.45) is 0. The van der Waals surface area contributed by atoms with Crippen LogP contribution in [0.15, 0.2) is 24.3 Å². The molecule has 1 aromatic rings. The number of carboxylic acids is 1. The van der Waals surface area contributed by atoms with Crippen LogP contribution in [-0.2, 0) is 19.1 Å². The van der Waals surface area contributed by atoms with Crippen molar-refractivity contribution in [1.82, 2.24) is 10.2 Å². The molecule has 2 amide bonds. The first-order valence-corrected chi connectivity index (χ1v) is 9.17. The van der Waals surface area contributed by atoms with E-state index < -0.39 is 59.3 Å². The van der Waals surface area contributed by atoms with Crippen molar-refractivity contribution in [2.24, 2.45) is 11.8 Å². The second-order valence-corrected chi connectivity index (χ2v) is 8.36. The molecule has 9 heteroatoms. The molecule has 0 saturated carbocycles. The summed E-state index contributed by atoms with van der Waals surface area (Å²) in [6.45, 7) is 4.23. The first kappa shape index (κ1) is 20.9. The van der Waals surface area contributed by atoms with Crippen LogP contribution in [0.1, 0.15) is 42.7 Å². The third kappa shape index (κ3) is 3.01. The molecule has 2 fully saturated rings. The summed E-state index contributed by atoms with van der Waals surface area (Å²) in [7, 11) is 1.26. The first-order valence-electron chi connectivity index (χ1n) is 9.17. The third-order valence-electron chi connectivity index (χ3n) is 5.65. The van der Waals surface area contributed by atoms with Crippen LogP contribution in [0.25, 0.3) is 0 Å². The molecule has 4 unspecified atom stereocenters. The number of ether oxygens (including phenoxy) is 1. The quantitative estimate of drug-likeness (QED) is 0.483. The maximum Gasteiger partial charge on any atom is 0.337 e. The SMILES string of the molecule is COC(=O)c1ccc(C2NC(CO)(C(=O)O)C3C(=O)N(C(C)(C)C)C(=O)C23)cc1. The van der Waals surface area contributed by atoms with E-state index in [0.29, 0.717) is 11.1 Å². The minimum absolute atomic E-state index is 0.294. The molecule has 2 saturated heterocycles. The first-order chi connectivity index (χ1) is 13.5. The molecule has 9 nitrogen and oxygen atoms in total. The lowest BCUT2D eigenvalue weighted by molar-refractivity contribution is -0.155. The second-order valence-electron chi connectivity index (χ2n) is 8.36. The number of benzene rings is 1. The number of aliphatic hydroxyl groups is 1. The Hall–Kier alpha value is -2.78. The van der Waals surface area contributed by atoms with Gasteiger partial charge in [-0.05, 0) is 38.5 Å². The number of aliphatic carboxylic acids is 1. The molecule has 0 bridgehead atoms. The summed E-state index contributed by atoms with van der Waals surface area (Å²) < 4.78 is 4.66. The van der Waals surface area contributed by atoms with Gasteiger partial charge in [0, 0.05) is 11.6 Å². The Morgan fingerprint density at radius 3 is 2.21 bits per heavy atom. The van der Waals surface area contributed by atoms with Gasteiger partial charge in [0.05, 0.1) is 31.1 Å². The van der Waals surface area contributed by atoms with Crippen LogP contribution in [0.5, 0.6) is 0 Å². The van der Waals surface area contributed by atoms with Gasteiger partial charge in [-0.2, -0.15) is 0 Å². The zero-order valence-corrected chi connectivity index (χ0v) is 16.6. The highest BCUT2D eigenvalue weighted by molar-refractivity contribution is 6.10. The molecule has 0 spiro atoms. The average Bonchev–Trinajstić information content (AvgIpc) is 3.15. The number of rotatable bonds is 4. The van der Waals surface area contributed by atoms with Gasteiger partial charge < -0.3 is 14.9 Å². The van der Waals surface area contributed by atoms with E-state index in [1.54, 1.807) is 32.9 Å². The number of carboxylic acid groups (broad SMARTS) is 1. The van der Waals surface area contributed by atoms with E-state index in [9.17, 15) is 29.4 Å². The van der Waals surface area contributed by atoms with Gasteiger partial charge in [0.15, 0.2) is 5.54 Å². The van der Waals surface area contributed by atoms with E-state index in [-0.39, 0.29) is 0 Å². The number of aliphatic hydroxyl groups excluding tert-OH is 1. The molecular weight excluding hydrogens is 380 g/mol. The molecule has 0 radical (unpaired) electrons. The van der Waals surface area contributed by atoms with Gasteiger partial charge in [0.2, 0.25) is 11.8 Å². The Balaban J connectivity index is 2.10. The molecule has 2 aliphatic rings. The monoisotopic (exact) mass is 404 g/mol. The molecule has 3 rings (SSSR count). The van der Waals surface area contributed by atoms with Crippen LogP contribution < -0.4 is 5.32 Å². The van der Waals surface area contributed by atoms with E-state index >= 15 is 0 Å². The van der Waals surface area contributed by atoms with Gasteiger partial charge in [-0.3, -0.25) is 24.6 Å². The number of methoxy groups -OCH3 is 1. The normalized spacial score (nSPS) is 29.1. The fourth-order valence-corrected chi connectivity index (χ4v) is 4.30. The highest BCUT2D eigenvalue weighted by Crippen LogP contribution is 2.50. The number of esters is 1. The summed E-state index contributed by atoms with van der Waals surface area (Å²) in [4.78, 5) is 51.2. The van der Waals surface area contributed by atoms with Crippen LogP contribution in [0.2, 0.25) is 0 Å². The maximum absolute atomic E-state index is 13.2. The third-order valence-corrected chi connectivity index (χ3v) is 5.65. The number of carbonyl (C=O) groups is 4. The molecular formula is C20H24N2O7. The predicted octanol–water partition coefficient (Wildman–Crippen LogP) is 0.333. The average molecular weight is 404 g/mol. The van der Waals surface area contributed by atoms with E-state index in [4.69, 9.17) is 0 Å². The lowest BCUT2D eigenvalue weighted by atomic mass is 9.79. The zero-order chi connectivity index (χ0) is 21.7. The van der Waals surface area contributed by atoms with E-state index in [1.807, 2.05) is 0 Å². The van der Waals surface area contributed by atoms with Crippen LogP contribution >= 0.6 is 0 Å². The van der Waals surface area contributed by atoms with Crippen molar-refractivity contribution in [3.05, 3.63) is 35.4 Å². The molecule has 1 aromatic carbocycles.